The van der Waals surface area contributed by atoms with Crippen molar-refractivity contribution in [3.63, 3.8) is 0 Å². The molecule has 1 heterocycles. The normalized spacial score (nSPS) is 20.3. The molecule has 9 heteroatoms. The molecule has 2 aromatic carbocycles. The van der Waals surface area contributed by atoms with Crippen molar-refractivity contribution in [2.45, 2.75) is 88.6 Å². The zero-order valence-electron chi connectivity index (χ0n) is 23.3. The van der Waals surface area contributed by atoms with E-state index in [4.69, 9.17) is 0 Å². The number of fused-ring (bicyclic) bond motifs is 1. The number of hydrogen-bond donors (Lipinski definition) is 3. The fraction of sp³-hybridized carbons (Fsp3) is 0.484. The highest BCUT2D eigenvalue weighted by atomic mass is 32.2. The van der Waals surface area contributed by atoms with Crippen molar-refractivity contribution in [2.24, 2.45) is 11.8 Å². The maximum Gasteiger partial charge on any atom is 0.306 e. The van der Waals surface area contributed by atoms with Crippen LogP contribution in [0, 0.1) is 11.8 Å². The molecule has 3 N–H and O–H groups in total. The number of rotatable bonds is 8. The third-order valence-electron chi connectivity index (χ3n) is 7.95. The van der Waals surface area contributed by atoms with Crippen molar-refractivity contribution < 1.29 is 23.1 Å². The fourth-order valence-electron chi connectivity index (χ4n) is 5.98. The lowest BCUT2D eigenvalue weighted by atomic mass is 9.80. The summed E-state index contributed by atoms with van der Waals surface area (Å²) in [4.78, 5) is 26.3. The van der Waals surface area contributed by atoms with Gasteiger partial charge in [-0.25, -0.2) is 13.1 Å². The SMILES string of the molecule is CC(C)(C)NS(=O)(=O)c1ccc(-c2sc(C(=O)NC3CC(C(=O)O)C3)cc2CC2CCCCC2)c2ccccc12. The van der Waals surface area contributed by atoms with E-state index in [1.165, 1.54) is 43.4 Å². The second-order valence-corrected chi connectivity index (χ2v) is 15.1. The summed E-state index contributed by atoms with van der Waals surface area (Å²) in [5.41, 5.74) is 1.43. The van der Waals surface area contributed by atoms with E-state index in [0.717, 1.165) is 27.8 Å². The first-order chi connectivity index (χ1) is 18.9. The molecule has 0 atom stereocenters. The van der Waals surface area contributed by atoms with E-state index < -0.39 is 21.5 Å². The molecule has 0 spiro atoms. The van der Waals surface area contributed by atoms with Crippen molar-refractivity contribution >= 4 is 44.0 Å². The van der Waals surface area contributed by atoms with Gasteiger partial charge < -0.3 is 10.4 Å². The lowest BCUT2D eigenvalue weighted by Crippen LogP contribution is -2.46. The predicted molar refractivity (Wildman–Crippen MR) is 159 cm³/mol. The Kier molecular flexibility index (Phi) is 8.10. The van der Waals surface area contributed by atoms with E-state index in [1.807, 2.05) is 57.2 Å². The summed E-state index contributed by atoms with van der Waals surface area (Å²) in [7, 11) is -3.76. The summed E-state index contributed by atoms with van der Waals surface area (Å²) in [5.74, 6) is -0.815. The molecule has 0 bridgehead atoms. The van der Waals surface area contributed by atoms with Crippen LogP contribution in [-0.2, 0) is 21.2 Å². The van der Waals surface area contributed by atoms with Crippen LogP contribution in [0.1, 0.15) is 81.0 Å². The van der Waals surface area contributed by atoms with Crippen molar-refractivity contribution in [3.05, 3.63) is 52.9 Å². The average Bonchev–Trinajstić information content (AvgIpc) is 3.27. The van der Waals surface area contributed by atoms with Gasteiger partial charge in [0.25, 0.3) is 5.91 Å². The van der Waals surface area contributed by atoms with Gasteiger partial charge in [-0.2, -0.15) is 0 Å². The maximum atomic E-state index is 13.3. The number of thiophene rings is 1. The molecule has 1 aromatic heterocycles. The Bertz CT molecular complexity index is 1520. The Morgan fingerprint density at radius 1 is 1.00 bits per heavy atom. The third kappa shape index (κ3) is 6.26. The monoisotopic (exact) mass is 582 g/mol. The minimum atomic E-state index is -3.76. The molecule has 40 heavy (non-hydrogen) atoms. The highest BCUT2D eigenvalue weighted by Crippen LogP contribution is 2.41. The van der Waals surface area contributed by atoms with E-state index in [-0.39, 0.29) is 22.8 Å². The van der Waals surface area contributed by atoms with Crippen LogP contribution in [0.2, 0.25) is 0 Å². The molecule has 214 valence electrons. The van der Waals surface area contributed by atoms with Crippen LogP contribution in [0.5, 0.6) is 0 Å². The second kappa shape index (κ2) is 11.3. The molecule has 3 aromatic rings. The first-order valence-electron chi connectivity index (χ1n) is 14.1. The summed E-state index contributed by atoms with van der Waals surface area (Å²) < 4.78 is 29.4. The Morgan fingerprint density at radius 2 is 1.68 bits per heavy atom. The summed E-state index contributed by atoms with van der Waals surface area (Å²) in [6.07, 6.45) is 7.85. The van der Waals surface area contributed by atoms with Crippen molar-refractivity contribution in [1.29, 1.82) is 0 Å². The lowest BCUT2D eigenvalue weighted by molar-refractivity contribution is -0.145. The molecule has 2 fully saturated rings. The average molecular weight is 583 g/mol. The molecule has 0 unspecified atom stereocenters. The number of amides is 1. The quantitative estimate of drug-likeness (QED) is 0.286. The van der Waals surface area contributed by atoms with Crippen molar-refractivity contribution in [3.8, 4) is 10.4 Å². The minimum Gasteiger partial charge on any atom is -0.481 e. The van der Waals surface area contributed by atoms with Gasteiger partial charge in [-0.15, -0.1) is 11.3 Å². The smallest absolute Gasteiger partial charge is 0.306 e. The van der Waals surface area contributed by atoms with E-state index in [2.05, 4.69) is 10.0 Å². The summed E-state index contributed by atoms with van der Waals surface area (Å²) in [6.45, 7) is 5.47. The van der Waals surface area contributed by atoms with Gasteiger partial charge in [0, 0.05) is 21.8 Å². The molecular weight excluding hydrogens is 544 g/mol. The zero-order chi connectivity index (χ0) is 28.7. The predicted octanol–water partition coefficient (Wildman–Crippen LogP) is 6.36. The summed E-state index contributed by atoms with van der Waals surface area (Å²) in [6, 6.07) is 13.0. The molecule has 5 rings (SSSR count). The van der Waals surface area contributed by atoms with Crippen molar-refractivity contribution in [1.82, 2.24) is 10.0 Å². The topological polar surface area (TPSA) is 113 Å². The Labute approximate surface area is 240 Å². The third-order valence-corrected chi connectivity index (χ3v) is 11.0. The summed E-state index contributed by atoms with van der Waals surface area (Å²) in [5, 5.41) is 13.7. The van der Waals surface area contributed by atoms with E-state index in [1.54, 1.807) is 6.07 Å². The number of carbonyl (C=O) groups excluding carboxylic acids is 1. The molecule has 2 aliphatic carbocycles. The van der Waals surface area contributed by atoms with Crippen LogP contribution in [0.25, 0.3) is 21.2 Å². The van der Waals surface area contributed by atoms with E-state index in [9.17, 15) is 23.1 Å². The van der Waals surface area contributed by atoms with Gasteiger partial charge in [0.05, 0.1) is 15.7 Å². The molecule has 2 saturated carbocycles. The Hall–Kier alpha value is -2.75. The van der Waals surface area contributed by atoms with Crippen LogP contribution < -0.4 is 10.0 Å². The maximum absolute atomic E-state index is 13.3. The molecule has 0 radical (unpaired) electrons. The molecule has 0 saturated heterocycles. The minimum absolute atomic E-state index is 0.124. The number of sulfonamides is 1. The molecule has 1 amide bonds. The highest BCUT2D eigenvalue weighted by Gasteiger charge is 2.36. The van der Waals surface area contributed by atoms with Crippen LogP contribution >= 0.6 is 11.3 Å². The van der Waals surface area contributed by atoms with Gasteiger partial charge in [0.1, 0.15) is 0 Å². The van der Waals surface area contributed by atoms with Gasteiger partial charge in [0.15, 0.2) is 0 Å². The van der Waals surface area contributed by atoms with Crippen LogP contribution in [0.3, 0.4) is 0 Å². The van der Waals surface area contributed by atoms with Gasteiger partial charge in [-0.1, -0.05) is 62.4 Å². The number of carboxylic acids is 1. The van der Waals surface area contributed by atoms with Gasteiger partial charge in [-0.3, -0.25) is 9.59 Å². The molecule has 7 nitrogen and oxygen atoms in total. The molecule has 2 aliphatic rings. The molecular formula is C31H38N2O5S2. The molecule has 0 aliphatic heterocycles. The fourth-order valence-corrected chi connectivity index (χ4v) is 8.74. The zero-order valence-corrected chi connectivity index (χ0v) is 25.0. The van der Waals surface area contributed by atoms with E-state index in [0.29, 0.717) is 29.0 Å². The number of nitrogens with one attached hydrogen (secondary N) is 2. The van der Waals surface area contributed by atoms with Crippen molar-refractivity contribution in [2.75, 3.05) is 0 Å². The standard InChI is InChI=1S/C31H38N2O5S2/c1-31(2,3)33-40(37,38)27-14-13-25(23-11-7-8-12-24(23)27)28-20(15-19-9-5-4-6-10-19)18-26(39-28)29(34)32-22-16-21(17-22)30(35)36/h7-8,11-14,18-19,21-22,33H,4-6,9-10,15-17H2,1-3H3,(H,32,34)(H,35,36). The largest absolute Gasteiger partial charge is 0.481 e. The van der Waals surface area contributed by atoms with Gasteiger partial charge >= 0.3 is 5.97 Å². The first kappa shape index (κ1) is 28.8. The Morgan fingerprint density at radius 3 is 2.33 bits per heavy atom. The van der Waals surface area contributed by atoms with Gasteiger partial charge in [-0.05, 0) is 74.6 Å². The number of carbonyl (C=O) groups is 2. The van der Waals surface area contributed by atoms with E-state index >= 15 is 0 Å². The number of hydrogen-bond acceptors (Lipinski definition) is 5. The van der Waals surface area contributed by atoms with Crippen LogP contribution in [0.15, 0.2) is 47.4 Å². The number of aliphatic carboxylic acids is 1. The Balaban J connectivity index is 1.53. The second-order valence-electron chi connectivity index (χ2n) is 12.4. The number of benzene rings is 2. The highest BCUT2D eigenvalue weighted by molar-refractivity contribution is 7.89. The van der Waals surface area contributed by atoms with Gasteiger partial charge in [0.2, 0.25) is 10.0 Å². The summed E-state index contributed by atoms with van der Waals surface area (Å²) >= 11 is 1.44. The number of carboxylic acid groups (broad SMARTS) is 1. The van der Waals surface area contributed by atoms with Crippen LogP contribution in [0.4, 0.5) is 0 Å². The van der Waals surface area contributed by atoms with Crippen LogP contribution in [-0.4, -0.2) is 37.0 Å². The first-order valence-corrected chi connectivity index (χ1v) is 16.4. The lowest BCUT2D eigenvalue weighted by Gasteiger charge is -2.32.